The van der Waals surface area contributed by atoms with Gasteiger partial charge < -0.3 is 9.52 Å². The van der Waals surface area contributed by atoms with Crippen LogP contribution in [0.3, 0.4) is 0 Å². The van der Waals surface area contributed by atoms with Gasteiger partial charge in [0.05, 0.1) is 17.7 Å². The fraction of sp³-hybridized carbons (Fsp3) is 0.0500. The van der Waals surface area contributed by atoms with E-state index in [1.165, 1.54) is 11.3 Å². The summed E-state index contributed by atoms with van der Waals surface area (Å²) in [4.78, 5) is 28.9. The molecule has 2 aromatic carbocycles. The summed E-state index contributed by atoms with van der Waals surface area (Å²) in [6.07, 6.45) is -0.187. The lowest BCUT2D eigenvalue weighted by Crippen LogP contribution is -2.02. The highest BCUT2D eigenvalue weighted by atomic mass is 79.9. The second-order valence-corrected chi connectivity index (χ2v) is 8.43. The van der Waals surface area contributed by atoms with Crippen LogP contribution in [-0.2, 0) is 11.2 Å². The molecule has 4 rings (SSSR count). The van der Waals surface area contributed by atoms with E-state index in [4.69, 9.17) is 16.0 Å². The maximum absolute atomic E-state index is 12.5. The number of benzene rings is 2. The van der Waals surface area contributed by atoms with Crippen molar-refractivity contribution in [2.75, 3.05) is 0 Å². The minimum Gasteiger partial charge on any atom is -0.481 e. The molecule has 0 amide bonds. The Kier molecular flexibility index (Phi) is 5.05. The number of halogens is 2. The topological polar surface area (TPSA) is 80.4 Å². The number of hydrogen-bond acceptors (Lipinski definition) is 5. The Labute approximate surface area is 176 Å². The van der Waals surface area contributed by atoms with E-state index in [0.717, 1.165) is 10.0 Å². The van der Waals surface area contributed by atoms with Gasteiger partial charge in [-0.2, -0.15) is 0 Å². The molecule has 1 N–H and O–H groups in total. The van der Waals surface area contributed by atoms with Crippen LogP contribution in [0.4, 0.5) is 0 Å². The molecule has 2 heterocycles. The molecule has 28 heavy (non-hydrogen) atoms. The molecule has 0 bridgehead atoms. The highest BCUT2D eigenvalue weighted by Crippen LogP contribution is 2.34. The van der Waals surface area contributed by atoms with Crippen molar-refractivity contribution in [2.45, 2.75) is 6.42 Å². The summed E-state index contributed by atoms with van der Waals surface area (Å²) in [7, 11) is 0. The monoisotopic (exact) mass is 475 g/mol. The van der Waals surface area contributed by atoms with Crippen molar-refractivity contribution in [3.05, 3.63) is 73.3 Å². The zero-order chi connectivity index (χ0) is 19.8. The summed E-state index contributed by atoms with van der Waals surface area (Å²) in [6.45, 7) is 0. The normalized spacial score (nSPS) is 11.1. The molecule has 140 valence electrons. The standard InChI is InChI=1S/C20H11BrClNO4S/c21-12-3-1-10(2-4-12)18-16(9-17(24)25)28-19(23-18)14-8-11-7-13(22)5-6-15(11)27-20(14)26/h1-8H,9H2,(H,24,25). The van der Waals surface area contributed by atoms with E-state index in [1.807, 2.05) is 24.3 Å². The van der Waals surface area contributed by atoms with E-state index in [-0.39, 0.29) is 12.0 Å². The fourth-order valence-electron chi connectivity index (χ4n) is 2.80. The van der Waals surface area contributed by atoms with Gasteiger partial charge in [-0.05, 0) is 36.4 Å². The van der Waals surface area contributed by atoms with Gasteiger partial charge in [-0.1, -0.05) is 39.7 Å². The lowest BCUT2D eigenvalue weighted by Gasteiger charge is -2.01. The summed E-state index contributed by atoms with van der Waals surface area (Å²) >= 11 is 10.6. The maximum atomic E-state index is 12.5. The van der Waals surface area contributed by atoms with Gasteiger partial charge in [-0.15, -0.1) is 11.3 Å². The molecule has 0 saturated carbocycles. The van der Waals surface area contributed by atoms with Crippen LogP contribution in [0.25, 0.3) is 32.8 Å². The van der Waals surface area contributed by atoms with Gasteiger partial charge in [0, 0.05) is 25.3 Å². The molecule has 0 aliphatic heterocycles. The van der Waals surface area contributed by atoms with E-state index in [0.29, 0.717) is 31.6 Å². The lowest BCUT2D eigenvalue weighted by molar-refractivity contribution is -0.136. The molecular formula is C20H11BrClNO4S. The third-order valence-corrected chi connectivity index (χ3v) is 5.90. The number of carbonyl (C=O) groups is 1. The summed E-state index contributed by atoms with van der Waals surface area (Å²) in [5.41, 5.74) is 1.48. The molecule has 5 nitrogen and oxygen atoms in total. The van der Waals surface area contributed by atoms with Gasteiger partial charge in [-0.25, -0.2) is 9.78 Å². The molecule has 8 heteroatoms. The molecule has 0 fully saturated rings. The summed E-state index contributed by atoms with van der Waals surface area (Å²) in [5, 5.41) is 10.9. The van der Waals surface area contributed by atoms with Crippen LogP contribution in [0, 0.1) is 0 Å². The quantitative estimate of drug-likeness (QED) is 0.386. The highest BCUT2D eigenvalue weighted by molar-refractivity contribution is 9.10. The van der Waals surface area contributed by atoms with Crippen LogP contribution >= 0.6 is 38.9 Å². The Hall–Kier alpha value is -2.48. The van der Waals surface area contributed by atoms with Gasteiger partial charge in [0.1, 0.15) is 10.6 Å². The van der Waals surface area contributed by atoms with Crippen molar-refractivity contribution in [1.82, 2.24) is 4.98 Å². The van der Waals surface area contributed by atoms with Crippen LogP contribution in [0.1, 0.15) is 4.88 Å². The fourth-order valence-corrected chi connectivity index (χ4v) is 4.32. The number of carboxylic acids is 1. The SMILES string of the molecule is O=C(O)Cc1sc(-c2cc3cc(Cl)ccc3oc2=O)nc1-c1ccc(Br)cc1. The van der Waals surface area contributed by atoms with Crippen molar-refractivity contribution >= 4 is 55.8 Å². The van der Waals surface area contributed by atoms with E-state index >= 15 is 0 Å². The number of hydrogen-bond donors (Lipinski definition) is 1. The number of fused-ring (bicyclic) bond motifs is 1. The molecule has 0 unspecified atom stereocenters. The lowest BCUT2D eigenvalue weighted by atomic mass is 10.1. The minimum absolute atomic E-state index is 0.187. The number of thiazole rings is 1. The van der Waals surface area contributed by atoms with Crippen LogP contribution < -0.4 is 5.63 Å². The maximum Gasteiger partial charge on any atom is 0.346 e. The number of aliphatic carboxylic acids is 1. The van der Waals surface area contributed by atoms with E-state index < -0.39 is 11.6 Å². The Morgan fingerprint density at radius 2 is 1.93 bits per heavy atom. The van der Waals surface area contributed by atoms with Crippen LogP contribution in [0.5, 0.6) is 0 Å². The third-order valence-electron chi connectivity index (χ3n) is 4.05. The van der Waals surface area contributed by atoms with Crippen molar-refractivity contribution in [2.24, 2.45) is 0 Å². The number of aromatic nitrogens is 1. The van der Waals surface area contributed by atoms with E-state index in [9.17, 15) is 14.7 Å². The van der Waals surface area contributed by atoms with Crippen molar-refractivity contribution in [3.63, 3.8) is 0 Å². The van der Waals surface area contributed by atoms with Gasteiger partial charge in [0.2, 0.25) is 0 Å². The second-order valence-electron chi connectivity index (χ2n) is 6.00. The van der Waals surface area contributed by atoms with Gasteiger partial charge in [0.15, 0.2) is 0 Å². The van der Waals surface area contributed by atoms with Crippen molar-refractivity contribution < 1.29 is 14.3 Å². The van der Waals surface area contributed by atoms with Crippen LogP contribution in [0.15, 0.2) is 62.2 Å². The number of nitrogens with zero attached hydrogens (tertiary/aromatic N) is 1. The minimum atomic E-state index is -0.967. The molecule has 0 radical (unpaired) electrons. The summed E-state index contributed by atoms with van der Waals surface area (Å²) in [6, 6.07) is 14.0. The Morgan fingerprint density at radius 1 is 1.18 bits per heavy atom. The van der Waals surface area contributed by atoms with Gasteiger partial charge >= 0.3 is 11.6 Å². The summed E-state index contributed by atoms with van der Waals surface area (Å²) < 4.78 is 6.29. The Bertz CT molecular complexity index is 1260. The molecule has 0 atom stereocenters. The molecule has 0 saturated heterocycles. The molecule has 0 aliphatic rings. The Morgan fingerprint density at radius 3 is 2.64 bits per heavy atom. The predicted octanol–water partition coefficient (Wildman–Crippen LogP) is 5.63. The van der Waals surface area contributed by atoms with Crippen LogP contribution in [0.2, 0.25) is 5.02 Å². The third kappa shape index (κ3) is 3.73. The average molecular weight is 477 g/mol. The zero-order valence-corrected chi connectivity index (χ0v) is 17.3. The number of rotatable bonds is 4. The largest absolute Gasteiger partial charge is 0.481 e. The first-order chi connectivity index (χ1) is 13.4. The molecule has 0 spiro atoms. The first-order valence-electron chi connectivity index (χ1n) is 8.12. The molecule has 4 aromatic rings. The predicted molar refractivity (Wildman–Crippen MR) is 113 cm³/mol. The molecule has 2 aromatic heterocycles. The summed E-state index contributed by atoms with van der Waals surface area (Å²) in [5.74, 6) is -0.967. The number of carboxylic acid groups (broad SMARTS) is 1. The van der Waals surface area contributed by atoms with Gasteiger partial charge in [-0.3, -0.25) is 4.79 Å². The van der Waals surface area contributed by atoms with Crippen molar-refractivity contribution in [1.29, 1.82) is 0 Å². The van der Waals surface area contributed by atoms with Crippen LogP contribution in [-0.4, -0.2) is 16.1 Å². The molecular weight excluding hydrogens is 466 g/mol. The average Bonchev–Trinajstić information content (AvgIpc) is 3.05. The van der Waals surface area contributed by atoms with Crippen molar-refractivity contribution in [3.8, 4) is 21.8 Å². The van der Waals surface area contributed by atoms with E-state index in [1.54, 1.807) is 24.3 Å². The highest BCUT2D eigenvalue weighted by Gasteiger charge is 2.19. The van der Waals surface area contributed by atoms with E-state index in [2.05, 4.69) is 20.9 Å². The van der Waals surface area contributed by atoms with Gasteiger partial charge in [0.25, 0.3) is 0 Å². The zero-order valence-electron chi connectivity index (χ0n) is 14.1. The second kappa shape index (κ2) is 7.50. The Balaban J connectivity index is 1.89. The first-order valence-corrected chi connectivity index (χ1v) is 10.1. The molecule has 0 aliphatic carbocycles. The first kappa shape index (κ1) is 18.9. The smallest absolute Gasteiger partial charge is 0.346 e.